The topological polar surface area (TPSA) is 81.2 Å². The first-order chi connectivity index (χ1) is 7.15. The maximum atomic E-state index is 10.7. The molecule has 0 atom stereocenters. The molecule has 0 unspecified atom stereocenters. The molecule has 0 heterocycles. The largest absolute Gasteiger partial charge is 0.329 e. The lowest BCUT2D eigenvalue weighted by atomic mass is 10.2. The van der Waals surface area contributed by atoms with Crippen LogP contribution in [0.15, 0.2) is 18.2 Å². The minimum Gasteiger partial charge on any atom is -0.329 e. The molecule has 82 valence electrons. The molecule has 0 spiro atoms. The van der Waals surface area contributed by atoms with Crippen molar-refractivity contribution in [2.24, 2.45) is 5.73 Å². The van der Waals surface area contributed by atoms with E-state index in [1.165, 1.54) is 6.07 Å². The van der Waals surface area contributed by atoms with Crippen LogP contribution in [0, 0.1) is 10.1 Å². The minimum absolute atomic E-state index is 0.0343. The third kappa shape index (κ3) is 3.47. The standard InChI is InChI=1S/C9H12ClN3O2/c10-8-2-1-7(6-12-4-3-11)9(5-8)13(14)15/h1-2,5,12H,3-4,6,11H2. The highest BCUT2D eigenvalue weighted by Gasteiger charge is 2.13. The van der Waals surface area contributed by atoms with E-state index in [-0.39, 0.29) is 5.69 Å². The number of rotatable bonds is 5. The van der Waals surface area contributed by atoms with E-state index in [4.69, 9.17) is 17.3 Å². The van der Waals surface area contributed by atoms with Crippen LogP contribution in [-0.2, 0) is 6.54 Å². The zero-order chi connectivity index (χ0) is 11.3. The third-order valence-electron chi connectivity index (χ3n) is 1.88. The van der Waals surface area contributed by atoms with E-state index in [9.17, 15) is 10.1 Å². The van der Waals surface area contributed by atoms with Gasteiger partial charge in [0, 0.05) is 36.3 Å². The summed E-state index contributed by atoms with van der Waals surface area (Å²) in [5.41, 5.74) is 5.94. The molecule has 1 aromatic carbocycles. The fraction of sp³-hybridized carbons (Fsp3) is 0.333. The molecule has 0 aliphatic carbocycles. The number of nitro groups is 1. The first-order valence-electron chi connectivity index (χ1n) is 4.48. The number of hydrogen-bond donors (Lipinski definition) is 2. The molecular weight excluding hydrogens is 218 g/mol. The zero-order valence-electron chi connectivity index (χ0n) is 8.07. The molecule has 0 aliphatic heterocycles. The van der Waals surface area contributed by atoms with Crippen LogP contribution in [0.3, 0.4) is 0 Å². The Kier molecular flexibility index (Phi) is 4.48. The fourth-order valence-corrected chi connectivity index (χ4v) is 1.35. The summed E-state index contributed by atoms with van der Waals surface area (Å²) in [6.07, 6.45) is 0. The maximum Gasteiger partial charge on any atom is 0.275 e. The van der Waals surface area contributed by atoms with Gasteiger partial charge in [0.1, 0.15) is 0 Å². The van der Waals surface area contributed by atoms with Crippen LogP contribution in [0.5, 0.6) is 0 Å². The van der Waals surface area contributed by atoms with Crippen molar-refractivity contribution in [1.29, 1.82) is 0 Å². The van der Waals surface area contributed by atoms with E-state index in [0.717, 1.165) is 0 Å². The Morgan fingerprint density at radius 2 is 2.27 bits per heavy atom. The molecule has 0 aromatic heterocycles. The summed E-state index contributed by atoms with van der Waals surface area (Å²) in [5, 5.41) is 14.1. The Labute approximate surface area is 92.4 Å². The second kappa shape index (κ2) is 5.65. The first kappa shape index (κ1) is 11.9. The van der Waals surface area contributed by atoms with Gasteiger partial charge in [-0.2, -0.15) is 0 Å². The van der Waals surface area contributed by atoms with Crippen molar-refractivity contribution in [3.8, 4) is 0 Å². The summed E-state index contributed by atoms with van der Waals surface area (Å²) in [4.78, 5) is 10.3. The summed E-state index contributed by atoms with van der Waals surface area (Å²) in [6, 6.07) is 4.62. The van der Waals surface area contributed by atoms with Gasteiger partial charge in [-0.05, 0) is 12.1 Å². The first-order valence-corrected chi connectivity index (χ1v) is 4.86. The molecule has 0 aliphatic rings. The molecule has 15 heavy (non-hydrogen) atoms. The summed E-state index contributed by atoms with van der Waals surface area (Å²) in [6.45, 7) is 1.55. The molecule has 5 nitrogen and oxygen atoms in total. The van der Waals surface area contributed by atoms with Gasteiger partial charge in [-0.1, -0.05) is 11.6 Å². The van der Waals surface area contributed by atoms with E-state index in [1.54, 1.807) is 12.1 Å². The van der Waals surface area contributed by atoms with Gasteiger partial charge in [-0.15, -0.1) is 0 Å². The van der Waals surface area contributed by atoms with Gasteiger partial charge in [-0.25, -0.2) is 0 Å². The molecule has 0 bridgehead atoms. The van der Waals surface area contributed by atoms with Crippen LogP contribution in [0.1, 0.15) is 5.56 Å². The van der Waals surface area contributed by atoms with Gasteiger partial charge < -0.3 is 11.1 Å². The third-order valence-corrected chi connectivity index (χ3v) is 2.12. The number of nitrogens with two attached hydrogens (primary N) is 1. The van der Waals surface area contributed by atoms with E-state index in [0.29, 0.717) is 30.2 Å². The molecule has 0 radical (unpaired) electrons. The number of benzene rings is 1. The number of nitro benzene ring substituents is 1. The van der Waals surface area contributed by atoms with Crippen LogP contribution in [0.25, 0.3) is 0 Å². The van der Waals surface area contributed by atoms with Crippen LogP contribution < -0.4 is 11.1 Å². The molecular formula is C9H12ClN3O2. The average Bonchev–Trinajstić information content (AvgIpc) is 2.20. The van der Waals surface area contributed by atoms with Gasteiger partial charge in [0.05, 0.1) is 4.92 Å². The Hall–Kier alpha value is -1.17. The van der Waals surface area contributed by atoms with Gasteiger partial charge in [0.2, 0.25) is 0 Å². The molecule has 1 aromatic rings. The fourth-order valence-electron chi connectivity index (χ4n) is 1.18. The number of hydrogen-bond acceptors (Lipinski definition) is 4. The van der Waals surface area contributed by atoms with Gasteiger partial charge in [-0.3, -0.25) is 10.1 Å². The van der Waals surface area contributed by atoms with Crippen LogP contribution in [-0.4, -0.2) is 18.0 Å². The summed E-state index contributed by atoms with van der Waals surface area (Å²) < 4.78 is 0. The number of nitrogens with one attached hydrogen (secondary N) is 1. The van der Waals surface area contributed by atoms with Crippen molar-refractivity contribution in [3.63, 3.8) is 0 Å². The van der Waals surface area contributed by atoms with Crippen molar-refractivity contribution in [2.75, 3.05) is 13.1 Å². The summed E-state index contributed by atoms with van der Waals surface area (Å²) in [5.74, 6) is 0. The quantitative estimate of drug-likeness (QED) is 0.453. The Bertz CT molecular complexity index is 357. The molecule has 1 rings (SSSR count). The van der Waals surface area contributed by atoms with Crippen molar-refractivity contribution in [1.82, 2.24) is 5.32 Å². The van der Waals surface area contributed by atoms with E-state index in [1.807, 2.05) is 0 Å². The molecule has 0 fully saturated rings. The lowest BCUT2D eigenvalue weighted by Crippen LogP contribution is -2.22. The second-order valence-electron chi connectivity index (χ2n) is 3.00. The Morgan fingerprint density at radius 3 is 2.87 bits per heavy atom. The second-order valence-corrected chi connectivity index (χ2v) is 3.43. The minimum atomic E-state index is -0.439. The predicted molar refractivity (Wildman–Crippen MR) is 58.9 cm³/mol. The van der Waals surface area contributed by atoms with Crippen molar-refractivity contribution >= 4 is 17.3 Å². The molecule has 0 saturated carbocycles. The number of halogens is 1. The summed E-state index contributed by atoms with van der Waals surface area (Å²) in [7, 11) is 0. The van der Waals surface area contributed by atoms with Gasteiger partial charge in [0.25, 0.3) is 5.69 Å². The maximum absolute atomic E-state index is 10.7. The number of nitrogens with zero attached hydrogens (tertiary/aromatic N) is 1. The smallest absolute Gasteiger partial charge is 0.275 e. The average molecular weight is 230 g/mol. The highest BCUT2D eigenvalue weighted by molar-refractivity contribution is 6.30. The highest BCUT2D eigenvalue weighted by atomic mass is 35.5. The van der Waals surface area contributed by atoms with Crippen LogP contribution >= 0.6 is 11.6 Å². The van der Waals surface area contributed by atoms with Crippen molar-refractivity contribution < 1.29 is 4.92 Å². The van der Waals surface area contributed by atoms with Crippen LogP contribution in [0.2, 0.25) is 5.02 Å². The van der Waals surface area contributed by atoms with Gasteiger partial charge >= 0.3 is 0 Å². The SMILES string of the molecule is NCCNCc1ccc(Cl)cc1[N+](=O)[O-]. The molecule has 0 amide bonds. The van der Waals surface area contributed by atoms with E-state index >= 15 is 0 Å². The predicted octanol–water partition coefficient (Wildman–Crippen LogP) is 1.30. The zero-order valence-corrected chi connectivity index (χ0v) is 8.83. The lowest BCUT2D eigenvalue weighted by Gasteiger charge is -2.04. The van der Waals surface area contributed by atoms with E-state index in [2.05, 4.69) is 5.32 Å². The molecule has 6 heteroatoms. The monoisotopic (exact) mass is 229 g/mol. The van der Waals surface area contributed by atoms with Crippen molar-refractivity contribution in [2.45, 2.75) is 6.54 Å². The Balaban J connectivity index is 2.81. The van der Waals surface area contributed by atoms with Crippen molar-refractivity contribution in [3.05, 3.63) is 38.9 Å². The highest BCUT2D eigenvalue weighted by Crippen LogP contribution is 2.22. The molecule has 3 N–H and O–H groups in total. The van der Waals surface area contributed by atoms with E-state index < -0.39 is 4.92 Å². The summed E-state index contributed by atoms with van der Waals surface area (Å²) >= 11 is 5.68. The Morgan fingerprint density at radius 1 is 1.53 bits per heavy atom. The normalized spacial score (nSPS) is 10.3. The van der Waals surface area contributed by atoms with Gasteiger partial charge in [0.15, 0.2) is 0 Å². The van der Waals surface area contributed by atoms with Crippen LogP contribution in [0.4, 0.5) is 5.69 Å². The lowest BCUT2D eigenvalue weighted by molar-refractivity contribution is -0.385. The molecule has 0 saturated heterocycles.